The lowest BCUT2D eigenvalue weighted by molar-refractivity contribution is -0.385. The molecule has 0 aliphatic rings. The van der Waals surface area contributed by atoms with E-state index in [1.165, 1.54) is 24.4 Å². The van der Waals surface area contributed by atoms with Gasteiger partial charge in [0.05, 0.1) is 22.2 Å². The minimum absolute atomic E-state index is 0.00884. The van der Waals surface area contributed by atoms with Gasteiger partial charge in [-0.2, -0.15) is 5.10 Å². The van der Waals surface area contributed by atoms with Gasteiger partial charge in [-0.15, -0.1) is 0 Å². The first-order chi connectivity index (χ1) is 12.9. The number of amides is 1. The Bertz CT molecular complexity index is 872. The SMILES string of the molecule is CCOc1cc(/C=N/NC(=O)COc2ccccc2[N+](=O)[O-])cc(Br)c1O. The molecule has 10 heteroatoms. The van der Waals surface area contributed by atoms with Crippen molar-refractivity contribution in [1.29, 1.82) is 0 Å². The van der Waals surface area contributed by atoms with Crippen LogP contribution in [0.2, 0.25) is 0 Å². The van der Waals surface area contributed by atoms with Crippen LogP contribution < -0.4 is 14.9 Å². The zero-order valence-electron chi connectivity index (χ0n) is 14.2. The minimum atomic E-state index is -0.593. The lowest BCUT2D eigenvalue weighted by Crippen LogP contribution is -2.24. The lowest BCUT2D eigenvalue weighted by Gasteiger charge is -2.08. The van der Waals surface area contributed by atoms with Crippen LogP contribution in [0.4, 0.5) is 5.69 Å². The van der Waals surface area contributed by atoms with Crippen LogP contribution >= 0.6 is 15.9 Å². The maximum absolute atomic E-state index is 11.8. The van der Waals surface area contributed by atoms with Gasteiger partial charge in [-0.25, -0.2) is 5.43 Å². The van der Waals surface area contributed by atoms with E-state index >= 15 is 0 Å². The van der Waals surface area contributed by atoms with E-state index in [1.807, 2.05) is 0 Å². The average molecular weight is 438 g/mol. The Hall–Kier alpha value is -3.14. The number of para-hydroxylation sites is 2. The van der Waals surface area contributed by atoms with Gasteiger partial charge in [-0.3, -0.25) is 14.9 Å². The van der Waals surface area contributed by atoms with Gasteiger partial charge in [0, 0.05) is 6.07 Å². The fourth-order valence-electron chi connectivity index (χ4n) is 2.02. The number of halogens is 1. The highest BCUT2D eigenvalue weighted by molar-refractivity contribution is 9.10. The number of phenolic OH excluding ortho intramolecular Hbond substituents is 1. The molecular formula is C17H16BrN3O6. The fraction of sp³-hybridized carbons (Fsp3) is 0.176. The van der Waals surface area contributed by atoms with Crippen LogP contribution in [0.25, 0.3) is 0 Å². The standard InChI is InChI=1S/C17H16BrN3O6/c1-2-26-15-8-11(7-12(18)17(15)23)9-19-20-16(22)10-27-14-6-4-3-5-13(14)21(24)25/h3-9,23H,2,10H2,1H3,(H,20,22)/b19-9+. The molecule has 0 spiro atoms. The summed E-state index contributed by atoms with van der Waals surface area (Å²) in [6, 6.07) is 8.90. The average Bonchev–Trinajstić information content (AvgIpc) is 2.64. The molecule has 0 saturated carbocycles. The molecule has 0 atom stereocenters. The third-order valence-corrected chi connectivity index (χ3v) is 3.78. The van der Waals surface area contributed by atoms with Crippen LogP contribution in [-0.4, -0.2) is 35.4 Å². The number of carbonyl (C=O) groups is 1. The molecule has 142 valence electrons. The number of hydrogen-bond acceptors (Lipinski definition) is 7. The molecule has 9 nitrogen and oxygen atoms in total. The molecule has 2 aromatic rings. The van der Waals surface area contributed by atoms with Crippen LogP contribution in [0.3, 0.4) is 0 Å². The maximum atomic E-state index is 11.8. The van der Waals surface area contributed by atoms with Gasteiger partial charge in [0.1, 0.15) is 0 Å². The van der Waals surface area contributed by atoms with Crippen molar-refractivity contribution in [1.82, 2.24) is 5.43 Å². The van der Waals surface area contributed by atoms with E-state index in [4.69, 9.17) is 9.47 Å². The molecule has 0 aliphatic carbocycles. The largest absolute Gasteiger partial charge is 0.503 e. The van der Waals surface area contributed by atoms with Crippen molar-refractivity contribution in [2.24, 2.45) is 5.10 Å². The van der Waals surface area contributed by atoms with Gasteiger partial charge in [-0.05, 0) is 46.6 Å². The summed E-state index contributed by atoms with van der Waals surface area (Å²) < 4.78 is 10.9. The summed E-state index contributed by atoms with van der Waals surface area (Å²) in [5, 5.41) is 24.5. The fourth-order valence-corrected chi connectivity index (χ4v) is 2.48. The summed E-state index contributed by atoms with van der Waals surface area (Å²) in [6.45, 7) is 1.72. The van der Waals surface area contributed by atoms with E-state index in [0.717, 1.165) is 0 Å². The van der Waals surface area contributed by atoms with Crippen LogP contribution in [0.1, 0.15) is 12.5 Å². The van der Waals surface area contributed by atoms with Crippen molar-refractivity contribution < 1.29 is 24.3 Å². The molecule has 0 aliphatic heterocycles. The van der Waals surface area contributed by atoms with E-state index in [0.29, 0.717) is 16.6 Å². The number of ether oxygens (including phenoxy) is 2. The molecular weight excluding hydrogens is 422 g/mol. The van der Waals surface area contributed by atoms with Gasteiger partial charge in [0.2, 0.25) is 0 Å². The number of hydrazone groups is 1. The molecule has 0 saturated heterocycles. The number of nitrogens with zero attached hydrogens (tertiary/aromatic N) is 2. The Labute approximate surface area is 162 Å². The Kier molecular flexibility index (Phi) is 7.12. The molecule has 0 fully saturated rings. The van der Waals surface area contributed by atoms with Gasteiger partial charge >= 0.3 is 5.69 Å². The Morgan fingerprint density at radius 3 is 2.78 bits per heavy atom. The number of aromatic hydroxyl groups is 1. The minimum Gasteiger partial charge on any atom is -0.503 e. The van der Waals surface area contributed by atoms with Crippen molar-refractivity contribution in [2.75, 3.05) is 13.2 Å². The molecule has 27 heavy (non-hydrogen) atoms. The summed E-state index contributed by atoms with van der Waals surface area (Å²) in [6.07, 6.45) is 1.36. The zero-order valence-corrected chi connectivity index (χ0v) is 15.8. The Morgan fingerprint density at radius 2 is 2.07 bits per heavy atom. The number of benzene rings is 2. The third kappa shape index (κ3) is 5.68. The first-order valence-electron chi connectivity index (χ1n) is 7.75. The van der Waals surface area contributed by atoms with Crippen molar-refractivity contribution >= 4 is 33.7 Å². The van der Waals surface area contributed by atoms with Gasteiger partial charge < -0.3 is 14.6 Å². The smallest absolute Gasteiger partial charge is 0.310 e. The molecule has 0 unspecified atom stereocenters. The normalized spacial score (nSPS) is 10.6. The summed E-state index contributed by atoms with van der Waals surface area (Å²) in [5.41, 5.74) is 2.59. The van der Waals surface area contributed by atoms with Gasteiger partial charge in [-0.1, -0.05) is 12.1 Å². The van der Waals surface area contributed by atoms with E-state index in [-0.39, 0.29) is 22.9 Å². The lowest BCUT2D eigenvalue weighted by atomic mass is 10.2. The zero-order chi connectivity index (χ0) is 19.8. The van der Waals surface area contributed by atoms with Crippen molar-refractivity contribution in [3.05, 3.63) is 56.5 Å². The number of nitrogens with one attached hydrogen (secondary N) is 1. The van der Waals surface area contributed by atoms with E-state index in [1.54, 1.807) is 25.1 Å². The summed E-state index contributed by atoms with van der Waals surface area (Å²) in [5.74, 6) is -0.354. The summed E-state index contributed by atoms with van der Waals surface area (Å²) in [7, 11) is 0. The molecule has 0 heterocycles. The predicted molar refractivity (Wildman–Crippen MR) is 101 cm³/mol. The second kappa shape index (κ2) is 9.53. The molecule has 0 aromatic heterocycles. The van der Waals surface area contributed by atoms with Gasteiger partial charge in [0.15, 0.2) is 23.9 Å². The van der Waals surface area contributed by atoms with Crippen LogP contribution in [0, 0.1) is 10.1 Å². The van der Waals surface area contributed by atoms with E-state index in [2.05, 4.69) is 26.5 Å². The van der Waals surface area contributed by atoms with Crippen LogP contribution in [-0.2, 0) is 4.79 Å². The summed E-state index contributed by atoms with van der Waals surface area (Å²) >= 11 is 3.20. The first kappa shape index (κ1) is 20.2. The number of phenols is 1. The van der Waals surface area contributed by atoms with Crippen LogP contribution in [0.15, 0.2) is 46.0 Å². The number of nitro benzene ring substituents is 1. The highest BCUT2D eigenvalue weighted by Crippen LogP contribution is 2.35. The van der Waals surface area contributed by atoms with E-state index < -0.39 is 17.4 Å². The molecule has 2 rings (SSSR count). The Morgan fingerprint density at radius 1 is 1.33 bits per heavy atom. The molecule has 1 amide bonds. The first-order valence-corrected chi connectivity index (χ1v) is 8.55. The second-order valence-electron chi connectivity index (χ2n) is 5.09. The van der Waals surface area contributed by atoms with Crippen molar-refractivity contribution in [2.45, 2.75) is 6.92 Å². The number of rotatable bonds is 8. The quantitative estimate of drug-likeness (QED) is 0.371. The number of nitro groups is 1. The molecule has 0 radical (unpaired) electrons. The van der Waals surface area contributed by atoms with Crippen molar-refractivity contribution in [3.8, 4) is 17.2 Å². The van der Waals surface area contributed by atoms with Gasteiger partial charge in [0.25, 0.3) is 5.91 Å². The van der Waals surface area contributed by atoms with Crippen LogP contribution in [0.5, 0.6) is 17.2 Å². The number of carbonyl (C=O) groups excluding carboxylic acids is 1. The highest BCUT2D eigenvalue weighted by Gasteiger charge is 2.14. The Balaban J connectivity index is 1.95. The molecule has 0 bridgehead atoms. The maximum Gasteiger partial charge on any atom is 0.310 e. The summed E-state index contributed by atoms with van der Waals surface area (Å²) in [4.78, 5) is 22.1. The monoisotopic (exact) mass is 437 g/mol. The predicted octanol–water partition coefficient (Wildman–Crippen LogP) is 2.99. The molecule has 2 aromatic carbocycles. The third-order valence-electron chi connectivity index (χ3n) is 3.17. The second-order valence-corrected chi connectivity index (χ2v) is 5.94. The topological polar surface area (TPSA) is 123 Å². The number of hydrogen-bond donors (Lipinski definition) is 2. The van der Waals surface area contributed by atoms with Crippen molar-refractivity contribution in [3.63, 3.8) is 0 Å². The van der Waals surface area contributed by atoms with E-state index in [9.17, 15) is 20.0 Å². The highest BCUT2D eigenvalue weighted by atomic mass is 79.9. The molecule has 2 N–H and O–H groups in total.